The fourth-order valence-electron chi connectivity index (χ4n) is 1.56. The molecule has 0 fully saturated rings. The number of alkyl halides is 5. The van der Waals surface area contributed by atoms with Crippen molar-refractivity contribution in [2.24, 2.45) is 0 Å². The van der Waals surface area contributed by atoms with E-state index in [-0.39, 0.29) is 5.56 Å². The van der Waals surface area contributed by atoms with Crippen molar-refractivity contribution in [2.75, 3.05) is 0 Å². The summed E-state index contributed by atoms with van der Waals surface area (Å²) in [6.07, 6.45) is -10.2. The smallest absolute Gasteiger partial charge is 0.432 e. The maximum Gasteiger partial charge on any atom is 0.432 e. The maximum absolute atomic E-state index is 13.3. The SMILES string of the molecule is CC(C(=O)OC(C(F)(F)F)C(F)(F)S(=O)(=O)O)c1ccccc1. The zero-order chi connectivity index (χ0) is 18.1. The van der Waals surface area contributed by atoms with E-state index in [1.807, 2.05) is 0 Å². The summed E-state index contributed by atoms with van der Waals surface area (Å²) >= 11 is 0. The van der Waals surface area contributed by atoms with Crippen molar-refractivity contribution in [3.05, 3.63) is 35.9 Å². The van der Waals surface area contributed by atoms with Crippen LogP contribution in [-0.4, -0.2) is 36.5 Å². The summed E-state index contributed by atoms with van der Waals surface area (Å²) in [6.45, 7) is 1.09. The van der Waals surface area contributed by atoms with E-state index in [1.165, 1.54) is 24.3 Å². The van der Waals surface area contributed by atoms with Crippen LogP contribution in [0.2, 0.25) is 0 Å². The number of ether oxygens (including phenoxy) is 1. The first-order valence-electron chi connectivity index (χ1n) is 5.95. The Balaban J connectivity index is 3.11. The Kier molecular flexibility index (Phi) is 5.37. The van der Waals surface area contributed by atoms with Crippen LogP contribution in [-0.2, 0) is 19.6 Å². The van der Waals surface area contributed by atoms with E-state index in [1.54, 1.807) is 6.07 Å². The molecule has 0 aromatic heterocycles. The predicted molar refractivity (Wildman–Crippen MR) is 67.3 cm³/mol. The highest BCUT2D eigenvalue weighted by Crippen LogP contribution is 2.38. The zero-order valence-corrected chi connectivity index (χ0v) is 12.2. The van der Waals surface area contributed by atoms with Crippen LogP contribution in [0.15, 0.2) is 30.3 Å². The second kappa shape index (κ2) is 6.40. The standard InChI is InChI=1S/C12H11F5O5S/c1-7(8-5-3-2-4-6-8)9(18)22-10(11(13,14)15)12(16,17)23(19,20)21/h2-7,10H,1H3,(H,19,20,21). The molecule has 0 saturated heterocycles. The Morgan fingerprint density at radius 1 is 1.13 bits per heavy atom. The van der Waals surface area contributed by atoms with Gasteiger partial charge >= 0.3 is 27.5 Å². The van der Waals surface area contributed by atoms with Gasteiger partial charge in [0.15, 0.2) is 0 Å². The molecule has 130 valence electrons. The molecule has 1 aromatic rings. The quantitative estimate of drug-likeness (QED) is 0.495. The Morgan fingerprint density at radius 2 is 1.61 bits per heavy atom. The Hall–Kier alpha value is -1.75. The van der Waals surface area contributed by atoms with E-state index in [4.69, 9.17) is 4.55 Å². The lowest BCUT2D eigenvalue weighted by Crippen LogP contribution is -2.52. The van der Waals surface area contributed by atoms with E-state index in [9.17, 15) is 35.2 Å². The molecule has 0 saturated carbocycles. The summed E-state index contributed by atoms with van der Waals surface area (Å²) in [7, 11) is -6.45. The molecular weight excluding hydrogens is 351 g/mol. The van der Waals surface area contributed by atoms with Gasteiger partial charge in [-0.15, -0.1) is 0 Å². The monoisotopic (exact) mass is 362 g/mol. The molecule has 0 bridgehead atoms. The van der Waals surface area contributed by atoms with Gasteiger partial charge in [-0.2, -0.15) is 30.4 Å². The first-order valence-corrected chi connectivity index (χ1v) is 7.39. The summed E-state index contributed by atoms with van der Waals surface area (Å²) < 4.78 is 97.4. The van der Waals surface area contributed by atoms with Crippen LogP contribution in [0.5, 0.6) is 0 Å². The van der Waals surface area contributed by atoms with Gasteiger partial charge in [0.25, 0.3) is 6.10 Å². The molecule has 0 aliphatic carbocycles. The van der Waals surface area contributed by atoms with E-state index in [0.29, 0.717) is 0 Å². The third-order valence-corrected chi connectivity index (χ3v) is 3.74. The topological polar surface area (TPSA) is 80.7 Å². The lowest BCUT2D eigenvalue weighted by molar-refractivity contribution is -0.259. The van der Waals surface area contributed by atoms with Crippen molar-refractivity contribution in [1.82, 2.24) is 0 Å². The molecule has 5 nitrogen and oxygen atoms in total. The third-order valence-electron chi connectivity index (χ3n) is 2.83. The number of rotatable bonds is 5. The highest BCUT2D eigenvalue weighted by molar-refractivity contribution is 7.86. The lowest BCUT2D eigenvalue weighted by atomic mass is 10.0. The average Bonchev–Trinajstić information content (AvgIpc) is 2.41. The highest BCUT2D eigenvalue weighted by Gasteiger charge is 2.66. The molecule has 2 atom stereocenters. The Labute approximate surface area is 127 Å². The predicted octanol–water partition coefficient (Wildman–Crippen LogP) is 2.74. The van der Waals surface area contributed by atoms with Gasteiger partial charge in [0.2, 0.25) is 0 Å². The van der Waals surface area contributed by atoms with Crippen LogP contribution < -0.4 is 0 Å². The molecule has 0 aliphatic rings. The van der Waals surface area contributed by atoms with Gasteiger partial charge in [-0.3, -0.25) is 9.35 Å². The summed E-state index contributed by atoms with van der Waals surface area (Å²) in [5, 5.41) is -5.74. The number of esters is 1. The van der Waals surface area contributed by atoms with Gasteiger partial charge in [-0.05, 0) is 12.5 Å². The van der Waals surface area contributed by atoms with Gasteiger partial charge in [0, 0.05) is 0 Å². The molecule has 1 aromatic carbocycles. The van der Waals surface area contributed by atoms with Gasteiger partial charge in [-0.1, -0.05) is 30.3 Å². The van der Waals surface area contributed by atoms with Crippen LogP contribution in [0.3, 0.4) is 0 Å². The van der Waals surface area contributed by atoms with E-state index in [0.717, 1.165) is 6.92 Å². The van der Waals surface area contributed by atoms with Crippen molar-refractivity contribution < 1.29 is 44.5 Å². The maximum atomic E-state index is 13.3. The molecule has 1 N–H and O–H groups in total. The van der Waals surface area contributed by atoms with Gasteiger partial charge in [0.05, 0.1) is 5.92 Å². The van der Waals surface area contributed by atoms with Crippen LogP contribution in [0.1, 0.15) is 18.4 Å². The van der Waals surface area contributed by atoms with Crippen molar-refractivity contribution in [1.29, 1.82) is 0 Å². The number of halogens is 5. The lowest BCUT2D eigenvalue weighted by Gasteiger charge is -2.27. The summed E-state index contributed by atoms with van der Waals surface area (Å²) in [5.41, 5.74) is 0.175. The van der Waals surface area contributed by atoms with Gasteiger partial charge in [-0.25, -0.2) is 0 Å². The molecule has 23 heavy (non-hydrogen) atoms. The van der Waals surface area contributed by atoms with Crippen molar-refractivity contribution in [3.63, 3.8) is 0 Å². The second-order valence-electron chi connectivity index (χ2n) is 4.53. The first kappa shape index (κ1) is 19.3. The van der Waals surface area contributed by atoms with Crippen LogP contribution in [0, 0.1) is 0 Å². The molecule has 1 rings (SSSR count). The first-order chi connectivity index (χ1) is 10.3. The van der Waals surface area contributed by atoms with Gasteiger partial charge < -0.3 is 4.74 Å². The minimum Gasteiger partial charge on any atom is -0.444 e. The number of carbonyl (C=O) groups excluding carboxylic acids is 1. The highest BCUT2D eigenvalue weighted by atomic mass is 32.2. The van der Waals surface area contributed by atoms with Crippen LogP contribution in [0.4, 0.5) is 22.0 Å². The number of benzene rings is 1. The Bertz CT molecular complexity index is 656. The van der Waals surface area contributed by atoms with Crippen molar-refractivity contribution in [3.8, 4) is 0 Å². The minimum atomic E-state index is -6.45. The molecular formula is C12H11F5O5S. The molecule has 0 aliphatic heterocycles. The van der Waals surface area contributed by atoms with E-state index in [2.05, 4.69) is 4.74 Å². The molecule has 0 radical (unpaired) electrons. The zero-order valence-electron chi connectivity index (χ0n) is 11.4. The van der Waals surface area contributed by atoms with Crippen LogP contribution >= 0.6 is 0 Å². The Morgan fingerprint density at radius 3 is 2.00 bits per heavy atom. The summed E-state index contributed by atoms with van der Waals surface area (Å²) in [5.74, 6) is -3.08. The van der Waals surface area contributed by atoms with Gasteiger partial charge in [0.1, 0.15) is 0 Å². The number of hydrogen-bond donors (Lipinski definition) is 1. The fraction of sp³-hybridized carbons (Fsp3) is 0.417. The summed E-state index contributed by atoms with van der Waals surface area (Å²) in [6, 6.07) is 7.14. The van der Waals surface area contributed by atoms with Crippen molar-refractivity contribution >= 4 is 16.1 Å². The fourth-order valence-corrected chi connectivity index (χ4v) is 2.01. The molecule has 2 unspecified atom stereocenters. The molecule has 0 spiro atoms. The van der Waals surface area contributed by atoms with Crippen LogP contribution in [0.25, 0.3) is 0 Å². The van der Waals surface area contributed by atoms with Crippen molar-refractivity contribution in [2.45, 2.75) is 30.4 Å². The normalized spacial score (nSPS) is 15.8. The molecule has 0 amide bonds. The number of carbonyl (C=O) groups is 1. The summed E-state index contributed by atoms with van der Waals surface area (Å²) in [4.78, 5) is 11.6. The largest absolute Gasteiger partial charge is 0.444 e. The van der Waals surface area contributed by atoms with E-state index < -0.39 is 39.5 Å². The second-order valence-corrected chi connectivity index (χ2v) is 6.02. The minimum absolute atomic E-state index is 0.175. The number of hydrogen-bond acceptors (Lipinski definition) is 4. The third kappa shape index (κ3) is 4.38. The molecule has 0 heterocycles. The van der Waals surface area contributed by atoms with E-state index >= 15 is 0 Å². The molecule has 11 heteroatoms. The average molecular weight is 362 g/mol.